The third-order valence-corrected chi connectivity index (χ3v) is 1.91. The van der Waals surface area contributed by atoms with Crippen LogP contribution in [0.2, 0.25) is 0 Å². The van der Waals surface area contributed by atoms with Gasteiger partial charge in [0.1, 0.15) is 0 Å². The molecular formula is C6H16OS2. The van der Waals surface area contributed by atoms with Gasteiger partial charge in [0.05, 0.1) is 0 Å². The van der Waals surface area contributed by atoms with Crippen LogP contribution in [0.25, 0.3) is 0 Å². The Morgan fingerprint density at radius 2 is 1.33 bits per heavy atom. The van der Waals surface area contributed by atoms with E-state index in [4.69, 9.17) is 4.74 Å². The fourth-order valence-electron chi connectivity index (χ4n) is 0.204. The molecule has 0 aromatic heterocycles. The van der Waals surface area contributed by atoms with Gasteiger partial charge in [-0.1, -0.05) is 21.6 Å². The van der Waals surface area contributed by atoms with Crippen molar-refractivity contribution in [1.29, 1.82) is 0 Å². The molecule has 0 fully saturated rings. The average molecular weight is 168 g/mol. The molecule has 0 aliphatic heterocycles. The average Bonchev–Trinajstić information content (AvgIpc) is 1.91. The molecule has 0 bridgehead atoms. The minimum absolute atomic E-state index is 0.844. The Hall–Kier alpha value is 0.660. The van der Waals surface area contributed by atoms with Crippen molar-refractivity contribution in [2.24, 2.45) is 0 Å². The molecule has 0 radical (unpaired) electrons. The molecule has 0 aromatic carbocycles. The lowest BCUT2D eigenvalue weighted by molar-refractivity contribution is 0.162. The molecule has 0 aliphatic carbocycles. The molecule has 0 heterocycles. The van der Waals surface area contributed by atoms with E-state index in [0.29, 0.717) is 0 Å². The van der Waals surface area contributed by atoms with Crippen molar-refractivity contribution >= 4 is 21.6 Å². The molecular weight excluding hydrogens is 152 g/mol. The Morgan fingerprint density at radius 1 is 1.00 bits per heavy atom. The van der Waals surface area contributed by atoms with Crippen LogP contribution < -0.4 is 0 Å². The fourth-order valence-corrected chi connectivity index (χ4v) is 0.204. The van der Waals surface area contributed by atoms with Gasteiger partial charge in [-0.15, -0.1) is 0 Å². The van der Waals surface area contributed by atoms with E-state index < -0.39 is 0 Å². The SMILES string of the molecule is CCOCC.CSSC. The highest BCUT2D eigenvalue weighted by Crippen LogP contribution is 2.09. The Kier molecular flexibility index (Phi) is 21.8. The van der Waals surface area contributed by atoms with Gasteiger partial charge in [-0.05, 0) is 26.4 Å². The predicted octanol–water partition coefficient (Wildman–Crippen LogP) is 2.67. The Morgan fingerprint density at radius 3 is 1.33 bits per heavy atom. The summed E-state index contributed by atoms with van der Waals surface area (Å²) in [5.41, 5.74) is 0. The van der Waals surface area contributed by atoms with E-state index in [-0.39, 0.29) is 0 Å². The van der Waals surface area contributed by atoms with Gasteiger partial charge in [-0.3, -0.25) is 0 Å². The van der Waals surface area contributed by atoms with Crippen molar-refractivity contribution < 1.29 is 4.74 Å². The first-order valence-corrected chi connectivity index (χ1v) is 5.94. The van der Waals surface area contributed by atoms with E-state index in [1.807, 2.05) is 13.8 Å². The highest BCUT2D eigenvalue weighted by Gasteiger charge is 1.64. The zero-order valence-electron chi connectivity index (χ0n) is 6.64. The van der Waals surface area contributed by atoms with E-state index in [0.717, 1.165) is 13.2 Å². The maximum atomic E-state index is 4.83. The summed E-state index contributed by atoms with van der Waals surface area (Å²) in [5, 5.41) is 0. The summed E-state index contributed by atoms with van der Waals surface area (Å²) in [7, 11) is 3.55. The summed E-state index contributed by atoms with van der Waals surface area (Å²) in [6.07, 6.45) is 4.12. The monoisotopic (exact) mass is 168 g/mol. The third kappa shape index (κ3) is 28.7. The van der Waals surface area contributed by atoms with E-state index in [2.05, 4.69) is 12.5 Å². The molecule has 3 heteroatoms. The minimum atomic E-state index is 0.844. The molecule has 0 spiro atoms. The predicted molar refractivity (Wildman–Crippen MR) is 49.2 cm³/mol. The van der Waals surface area contributed by atoms with Crippen molar-refractivity contribution in [3.05, 3.63) is 0 Å². The van der Waals surface area contributed by atoms with E-state index in [1.54, 1.807) is 21.6 Å². The lowest BCUT2D eigenvalue weighted by atomic mass is 10.8. The summed E-state index contributed by atoms with van der Waals surface area (Å²) in [6, 6.07) is 0. The van der Waals surface area contributed by atoms with Gasteiger partial charge in [0.15, 0.2) is 0 Å². The number of ether oxygens (including phenoxy) is 1. The van der Waals surface area contributed by atoms with Crippen molar-refractivity contribution in [3.63, 3.8) is 0 Å². The highest BCUT2D eigenvalue weighted by atomic mass is 33.1. The molecule has 58 valence electrons. The lowest BCUT2D eigenvalue weighted by Gasteiger charge is -1.86. The van der Waals surface area contributed by atoms with Crippen LogP contribution in [0.1, 0.15) is 13.8 Å². The van der Waals surface area contributed by atoms with Crippen LogP contribution in [0.4, 0.5) is 0 Å². The van der Waals surface area contributed by atoms with Crippen LogP contribution in [0.3, 0.4) is 0 Å². The summed E-state index contributed by atoms with van der Waals surface area (Å²) < 4.78 is 4.83. The smallest absolute Gasteiger partial charge is 0.0437 e. The lowest BCUT2D eigenvalue weighted by Crippen LogP contribution is -1.84. The quantitative estimate of drug-likeness (QED) is 0.600. The molecule has 0 N–H and O–H groups in total. The van der Waals surface area contributed by atoms with Crippen LogP contribution in [0.15, 0.2) is 0 Å². The second kappa shape index (κ2) is 15.9. The van der Waals surface area contributed by atoms with Gasteiger partial charge < -0.3 is 4.74 Å². The zero-order valence-corrected chi connectivity index (χ0v) is 8.27. The van der Waals surface area contributed by atoms with E-state index >= 15 is 0 Å². The molecule has 0 unspecified atom stereocenters. The first-order chi connectivity index (χ1) is 4.33. The standard InChI is InChI=1S/C4H10O.C2H6S2/c1-3-5-4-2;1-3-4-2/h3-4H2,1-2H3;1-2H3. The summed E-state index contributed by atoms with van der Waals surface area (Å²) in [5.74, 6) is 0. The molecule has 0 saturated heterocycles. The molecule has 0 amide bonds. The molecule has 0 saturated carbocycles. The normalized spacial score (nSPS) is 8.00. The minimum Gasteiger partial charge on any atom is -0.382 e. The molecule has 0 atom stereocenters. The largest absolute Gasteiger partial charge is 0.382 e. The molecule has 0 rings (SSSR count). The van der Waals surface area contributed by atoms with Crippen molar-refractivity contribution in [2.45, 2.75) is 13.8 Å². The zero-order chi connectivity index (χ0) is 7.54. The van der Waals surface area contributed by atoms with E-state index in [1.165, 1.54) is 0 Å². The molecule has 0 aromatic rings. The van der Waals surface area contributed by atoms with E-state index in [9.17, 15) is 0 Å². The Balaban J connectivity index is 0. The Labute approximate surface area is 66.3 Å². The van der Waals surface area contributed by atoms with Crippen LogP contribution in [0.5, 0.6) is 0 Å². The first kappa shape index (κ1) is 12.3. The topological polar surface area (TPSA) is 9.23 Å². The van der Waals surface area contributed by atoms with Gasteiger partial charge in [0.2, 0.25) is 0 Å². The molecule has 1 nitrogen and oxygen atoms in total. The number of rotatable bonds is 3. The van der Waals surface area contributed by atoms with Gasteiger partial charge in [0, 0.05) is 13.2 Å². The van der Waals surface area contributed by atoms with Crippen LogP contribution >= 0.6 is 21.6 Å². The van der Waals surface area contributed by atoms with Crippen LogP contribution in [-0.2, 0) is 4.74 Å². The van der Waals surface area contributed by atoms with Gasteiger partial charge in [-0.25, -0.2) is 0 Å². The first-order valence-electron chi connectivity index (χ1n) is 2.97. The van der Waals surface area contributed by atoms with Crippen molar-refractivity contribution in [2.75, 3.05) is 25.7 Å². The maximum absolute atomic E-state index is 4.83. The second-order valence-electron chi connectivity index (χ2n) is 1.11. The number of hydrogen-bond acceptors (Lipinski definition) is 3. The Bertz CT molecular complexity index is 30.2. The van der Waals surface area contributed by atoms with Gasteiger partial charge in [-0.2, -0.15) is 0 Å². The van der Waals surface area contributed by atoms with Crippen molar-refractivity contribution in [3.8, 4) is 0 Å². The van der Waals surface area contributed by atoms with Crippen LogP contribution in [-0.4, -0.2) is 25.7 Å². The highest BCUT2D eigenvalue weighted by molar-refractivity contribution is 8.76. The molecule has 9 heavy (non-hydrogen) atoms. The second-order valence-corrected chi connectivity index (χ2v) is 3.78. The molecule has 0 aliphatic rings. The maximum Gasteiger partial charge on any atom is 0.0437 e. The van der Waals surface area contributed by atoms with Crippen LogP contribution in [0, 0.1) is 0 Å². The number of hydrogen-bond donors (Lipinski definition) is 0. The van der Waals surface area contributed by atoms with Gasteiger partial charge >= 0.3 is 0 Å². The summed E-state index contributed by atoms with van der Waals surface area (Å²) >= 11 is 0. The fraction of sp³-hybridized carbons (Fsp3) is 1.00. The third-order valence-electron chi connectivity index (χ3n) is 0.575. The van der Waals surface area contributed by atoms with Crippen molar-refractivity contribution in [1.82, 2.24) is 0 Å². The summed E-state index contributed by atoms with van der Waals surface area (Å²) in [4.78, 5) is 0. The van der Waals surface area contributed by atoms with Gasteiger partial charge in [0.25, 0.3) is 0 Å². The summed E-state index contributed by atoms with van der Waals surface area (Å²) in [6.45, 7) is 5.67.